The van der Waals surface area contributed by atoms with Crippen LogP contribution >= 0.6 is 11.6 Å². The van der Waals surface area contributed by atoms with E-state index in [9.17, 15) is 0 Å². The molecule has 1 aromatic carbocycles. The molecule has 0 spiro atoms. The SMILES string of the molecule is CNC1CCc2ccc(Cl)cc2C1. The highest BCUT2D eigenvalue weighted by atomic mass is 35.5. The lowest BCUT2D eigenvalue weighted by atomic mass is 9.88. The Kier molecular flexibility index (Phi) is 2.56. The minimum atomic E-state index is 0.631. The third kappa shape index (κ3) is 1.87. The molecule has 0 aromatic heterocycles. The average molecular weight is 196 g/mol. The highest BCUT2D eigenvalue weighted by Crippen LogP contribution is 2.24. The monoisotopic (exact) mass is 195 g/mol. The Labute approximate surface area is 84.1 Å². The smallest absolute Gasteiger partial charge is 0.0408 e. The molecule has 1 atom stereocenters. The van der Waals surface area contributed by atoms with Crippen molar-refractivity contribution in [3.63, 3.8) is 0 Å². The molecule has 1 unspecified atom stereocenters. The van der Waals surface area contributed by atoms with Gasteiger partial charge in [0.25, 0.3) is 0 Å². The second-order valence-corrected chi connectivity index (χ2v) is 4.08. The van der Waals surface area contributed by atoms with Crippen LogP contribution in [0.2, 0.25) is 5.02 Å². The molecule has 2 heteroatoms. The minimum Gasteiger partial charge on any atom is -0.317 e. The third-order valence-electron chi connectivity index (χ3n) is 2.81. The molecule has 0 fully saturated rings. The van der Waals surface area contributed by atoms with Gasteiger partial charge in [0.05, 0.1) is 0 Å². The van der Waals surface area contributed by atoms with E-state index in [0.717, 1.165) is 11.4 Å². The zero-order chi connectivity index (χ0) is 9.26. The topological polar surface area (TPSA) is 12.0 Å². The van der Waals surface area contributed by atoms with Crippen molar-refractivity contribution < 1.29 is 0 Å². The van der Waals surface area contributed by atoms with Crippen LogP contribution in [0.1, 0.15) is 17.5 Å². The molecule has 1 aromatic rings. The fourth-order valence-electron chi connectivity index (χ4n) is 1.97. The third-order valence-corrected chi connectivity index (χ3v) is 3.04. The average Bonchev–Trinajstić information content (AvgIpc) is 2.16. The van der Waals surface area contributed by atoms with Gasteiger partial charge in [-0.15, -0.1) is 0 Å². The van der Waals surface area contributed by atoms with Crippen LogP contribution in [0.15, 0.2) is 18.2 Å². The molecule has 0 amide bonds. The molecule has 1 N–H and O–H groups in total. The van der Waals surface area contributed by atoms with Gasteiger partial charge in [-0.1, -0.05) is 17.7 Å². The molecule has 0 saturated carbocycles. The van der Waals surface area contributed by atoms with Gasteiger partial charge in [-0.2, -0.15) is 0 Å². The van der Waals surface area contributed by atoms with Crippen molar-refractivity contribution in [2.45, 2.75) is 25.3 Å². The summed E-state index contributed by atoms with van der Waals surface area (Å²) in [5, 5.41) is 4.18. The maximum absolute atomic E-state index is 5.95. The van der Waals surface area contributed by atoms with E-state index in [1.807, 2.05) is 13.1 Å². The number of halogens is 1. The van der Waals surface area contributed by atoms with Gasteiger partial charge in [-0.25, -0.2) is 0 Å². The van der Waals surface area contributed by atoms with Crippen molar-refractivity contribution in [3.05, 3.63) is 34.3 Å². The normalized spacial score (nSPS) is 21.2. The highest BCUT2D eigenvalue weighted by Gasteiger charge is 2.16. The van der Waals surface area contributed by atoms with E-state index >= 15 is 0 Å². The molecule has 1 nitrogen and oxygen atoms in total. The molecule has 0 heterocycles. The van der Waals surface area contributed by atoms with Crippen molar-refractivity contribution >= 4 is 11.6 Å². The number of hydrogen-bond acceptors (Lipinski definition) is 1. The summed E-state index contributed by atoms with van der Waals surface area (Å²) in [4.78, 5) is 0. The van der Waals surface area contributed by atoms with Gasteiger partial charge in [0, 0.05) is 11.1 Å². The molecule has 0 radical (unpaired) electrons. The summed E-state index contributed by atoms with van der Waals surface area (Å²) in [5.74, 6) is 0. The Balaban J connectivity index is 2.27. The second-order valence-electron chi connectivity index (χ2n) is 3.64. The van der Waals surface area contributed by atoms with E-state index in [-0.39, 0.29) is 0 Å². The lowest BCUT2D eigenvalue weighted by Gasteiger charge is -2.24. The molecule has 1 aliphatic carbocycles. The Hall–Kier alpha value is -0.530. The van der Waals surface area contributed by atoms with Crippen molar-refractivity contribution in [1.82, 2.24) is 5.32 Å². The first-order chi connectivity index (χ1) is 6.29. The van der Waals surface area contributed by atoms with E-state index in [4.69, 9.17) is 11.6 Å². The van der Waals surface area contributed by atoms with Gasteiger partial charge in [-0.3, -0.25) is 0 Å². The van der Waals surface area contributed by atoms with Crippen LogP contribution in [-0.4, -0.2) is 13.1 Å². The highest BCUT2D eigenvalue weighted by molar-refractivity contribution is 6.30. The van der Waals surface area contributed by atoms with Crippen molar-refractivity contribution in [3.8, 4) is 0 Å². The zero-order valence-corrected chi connectivity index (χ0v) is 8.56. The van der Waals surface area contributed by atoms with Crippen LogP contribution in [0.3, 0.4) is 0 Å². The molecule has 2 rings (SSSR count). The van der Waals surface area contributed by atoms with E-state index in [1.54, 1.807) is 0 Å². The van der Waals surface area contributed by atoms with Crippen LogP contribution in [-0.2, 0) is 12.8 Å². The van der Waals surface area contributed by atoms with Gasteiger partial charge in [0.15, 0.2) is 0 Å². The van der Waals surface area contributed by atoms with Crippen LogP contribution in [0.5, 0.6) is 0 Å². The summed E-state index contributed by atoms with van der Waals surface area (Å²) in [5.41, 5.74) is 2.88. The summed E-state index contributed by atoms with van der Waals surface area (Å²) >= 11 is 5.95. The number of rotatable bonds is 1. The van der Waals surface area contributed by atoms with E-state index in [2.05, 4.69) is 17.4 Å². The molecule has 13 heavy (non-hydrogen) atoms. The van der Waals surface area contributed by atoms with E-state index in [0.29, 0.717) is 6.04 Å². The molecule has 0 saturated heterocycles. The summed E-state index contributed by atoms with van der Waals surface area (Å²) < 4.78 is 0. The summed E-state index contributed by atoms with van der Waals surface area (Å²) in [6.07, 6.45) is 3.54. The van der Waals surface area contributed by atoms with Crippen LogP contribution < -0.4 is 5.32 Å². The maximum atomic E-state index is 5.95. The molecular formula is C11H14ClN. The summed E-state index contributed by atoms with van der Waals surface area (Å²) in [7, 11) is 2.03. The van der Waals surface area contributed by atoms with Crippen LogP contribution in [0.4, 0.5) is 0 Å². The van der Waals surface area contributed by atoms with Crippen LogP contribution in [0, 0.1) is 0 Å². The van der Waals surface area contributed by atoms with Crippen molar-refractivity contribution in [2.24, 2.45) is 0 Å². The zero-order valence-electron chi connectivity index (χ0n) is 7.81. The van der Waals surface area contributed by atoms with Gasteiger partial charge in [0.2, 0.25) is 0 Å². The predicted molar refractivity (Wildman–Crippen MR) is 56.3 cm³/mol. The first kappa shape index (κ1) is 9.04. The summed E-state index contributed by atoms with van der Waals surface area (Å²) in [6, 6.07) is 6.87. The fraction of sp³-hybridized carbons (Fsp3) is 0.455. The Morgan fingerprint density at radius 3 is 3.00 bits per heavy atom. The van der Waals surface area contributed by atoms with Crippen LogP contribution in [0.25, 0.3) is 0 Å². The summed E-state index contributed by atoms with van der Waals surface area (Å²) in [6.45, 7) is 0. The predicted octanol–water partition coefficient (Wildman–Crippen LogP) is 2.42. The van der Waals surface area contributed by atoms with Gasteiger partial charge >= 0.3 is 0 Å². The molecular weight excluding hydrogens is 182 g/mol. The van der Waals surface area contributed by atoms with Gasteiger partial charge in [0.1, 0.15) is 0 Å². The fourth-order valence-corrected chi connectivity index (χ4v) is 2.17. The minimum absolute atomic E-state index is 0.631. The lowest BCUT2D eigenvalue weighted by Crippen LogP contribution is -2.31. The number of aryl methyl sites for hydroxylation is 1. The number of fused-ring (bicyclic) bond motifs is 1. The largest absolute Gasteiger partial charge is 0.317 e. The Morgan fingerprint density at radius 2 is 2.23 bits per heavy atom. The first-order valence-electron chi connectivity index (χ1n) is 4.74. The molecule has 0 bridgehead atoms. The number of likely N-dealkylation sites (N-methyl/N-ethyl adjacent to an activating group) is 1. The number of hydrogen-bond donors (Lipinski definition) is 1. The molecule has 0 aliphatic heterocycles. The van der Waals surface area contributed by atoms with E-state index in [1.165, 1.54) is 24.0 Å². The van der Waals surface area contributed by atoms with Crippen molar-refractivity contribution in [1.29, 1.82) is 0 Å². The van der Waals surface area contributed by atoms with Gasteiger partial charge < -0.3 is 5.32 Å². The molecule has 70 valence electrons. The quantitative estimate of drug-likeness (QED) is 0.726. The Bertz CT molecular complexity index is 309. The number of nitrogens with one attached hydrogen (secondary N) is 1. The van der Waals surface area contributed by atoms with E-state index < -0.39 is 0 Å². The lowest BCUT2D eigenvalue weighted by molar-refractivity contribution is 0.496. The van der Waals surface area contributed by atoms with Crippen molar-refractivity contribution in [2.75, 3.05) is 7.05 Å². The number of benzene rings is 1. The van der Waals surface area contributed by atoms with Gasteiger partial charge in [-0.05, 0) is 49.6 Å². The standard InChI is InChI=1S/C11H14ClN/c1-13-11-5-3-8-2-4-10(12)6-9(8)7-11/h2,4,6,11,13H,3,5,7H2,1H3. The second kappa shape index (κ2) is 3.69. The maximum Gasteiger partial charge on any atom is 0.0408 e. The Morgan fingerprint density at radius 1 is 1.38 bits per heavy atom. The first-order valence-corrected chi connectivity index (χ1v) is 5.12. The molecule has 1 aliphatic rings.